The van der Waals surface area contributed by atoms with Crippen LogP contribution < -0.4 is 0 Å². The van der Waals surface area contributed by atoms with Crippen molar-refractivity contribution in [2.45, 2.75) is 18.0 Å². The number of alkyl halides is 7. The highest BCUT2D eigenvalue weighted by Gasteiger charge is 2.74. The molecule has 0 unspecified atom stereocenters. The van der Waals surface area contributed by atoms with Crippen LogP contribution in [0.1, 0.15) is 5.82 Å². The highest BCUT2D eigenvalue weighted by atomic mass is 19.4. The highest BCUT2D eigenvalue weighted by molar-refractivity contribution is 5.05. The number of hydrogen-bond acceptors (Lipinski definition) is 2. The summed E-state index contributed by atoms with van der Waals surface area (Å²) in [4.78, 5) is 5.38. The van der Waals surface area contributed by atoms with Gasteiger partial charge < -0.3 is 0 Å². The summed E-state index contributed by atoms with van der Waals surface area (Å²) in [6.45, 7) is 0. The van der Waals surface area contributed by atoms with Crippen molar-refractivity contribution in [3.8, 4) is 0 Å². The summed E-state index contributed by atoms with van der Waals surface area (Å²) < 4.78 is 85.7. The normalized spacial score (nSPS) is 13.9. The Labute approximate surface area is 84.1 Å². The van der Waals surface area contributed by atoms with Crippen LogP contribution in [0, 0.1) is 0 Å². The first kappa shape index (κ1) is 12.7. The van der Waals surface area contributed by atoms with Gasteiger partial charge in [0.2, 0.25) is 5.82 Å². The van der Waals surface area contributed by atoms with Crippen molar-refractivity contribution in [3.63, 3.8) is 0 Å². The third kappa shape index (κ3) is 1.81. The molecule has 9 heteroatoms. The van der Waals surface area contributed by atoms with E-state index >= 15 is 0 Å². The van der Waals surface area contributed by atoms with Crippen molar-refractivity contribution in [1.29, 1.82) is 0 Å². The maximum Gasteiger partial charge on any atom is 0.460 e. The van der Waals surface area contributed by atoms with Crippen LogP contribution in [0.5, 0.6) is 0 Å². The summed E-state index contributed by atoms with van der Waals surface area (Å²) in [5.74, 6) is -13.6. The van der Waals surface area contributed by atoms with Gasteiger partial charge in [0, 0.05) is 12.4 Å². The van der Waals surface area contributed by atoms with E-state index in [-0.39, 0.29) is 0 Å². The van der Waals surface area contributed by atoms with Gasteiger partial charge in [0.05, 0.1) is 0 Å². The Bertz CT molecular complexity index is 359. The van der Waals surface area contributed by atoms with E-state index in [2.05, 4.69) is 9.97 Å². The van der Waals surface area contributed by atoms with Crippen LogP contribution in [0.3, 0.4) is 0 Å². The molecule has 0 amide bonds. The Balaban J connectivity index is 3.22. The Morgan fingerprint density at radius 2 is 1.25 bits per heavy atom. The minimum absolute atomic E-state index is 0.642. The molecule has 90 valence electrons. The van der Waals surface area contributed by atoms with E-state index in [4.69, 9.17) is 0 Å². The van der Waals surface area contributed by atoms with Crippen LogP contribution in [-0.4, -0.2) is 22.1 Å². The summed E-state index contributed by atoms with van der Waals surface area (Å²) in [6, 6.07) is 1.01. The third-order valence-electron chi connectivity index (χ3n) is 1.60. The molecule has 1 rings (SSSR count). The maximum absolute atomic E-state index is 12.8. The molecule has 1 heterocycles. The summed E-state index contributed by atoms with van der Waals surface area (Å²) in [7, 11) is 0. The number of rotatable bonds is 2. The van der Waals surface area contributed by atoms with Gasteiger partial charge in [0.25, 0.3) is 0 Å². The van der Waals surface area contributed by atoms with Crippen molar-refractivity contribution in [1.82, 2.24) is 9.97 Å². The molecule has 0 aliphatic heterocycles. The molecule has 0 bridgehead atoms. The summed E-state index contributed by atoms with van der Waals surface area (Å²) >= 11 is 0. The smallest absolute Gasteiger partial charge is 0.235 e. The number of nitrogens with zero attached hydrogens (tertiary/aromatic N) is 2. The quantitative estimate of drug-likeness (QED) is 0.752. The molecule has 16 heavy (non-hydrogen) atoms. The predicted octanol–water partition coefficient (Wildman–Crippen LogP) is 2.77. The first-order valence-corrected chi connectivity index (χ1v) is 3.70. The zero-order chi connectivity index (χ0) is 12.6. The summed E-state index contributed by atoms with van der Waals surface area (Å²) in [5, 5.41) is 0. The van der Waals surface area contributed by atoms with Gasteiger partial charge in [-0.15, -0.1) is 0 Å². The van der Waals surface area contributed by atoms with Crippen LogP contribution in [-0.2, 0) is 5.92 Å². The molecule has 0 saturated carbocycles. The van der Waals surface area contributed by atoms with Crippen LogP contribution in [0.4, 0.5) is 30.7 Å². The van der Waals surface area contributed by atoms with Gasteiger partial charge in [-0.25, -0.2) is 9.97 Å². The number of halogens is 7. The van der Waals surface area contributed by atoms with Crippen LogP contribution in [0.15, 0.2) is 18.5 Å². The van der Waals surface area contributed by atoms with Gasteiger partial charge >= 0.3 is 18.0 Å². The fraction of sp³-hybridized carbons (Fsp3) is 0.429. The lowest BCUT2D eigenvalue weighted by Crippen LogP contribution is -2.50. The SMILES string of the molecule is FC(F)(F)C(F)(F)C(F)(F)c1ncccn1. The molecule has 1 aromatic heterocycles. The molecule has 0 aliphatic rings. The minimum Gasteiger partial charge on any atom is -0.235 e. The first-order chi connectivity index (χ1) is 7.11. The van der Waals surface area contributed by atoms with Gasteiger partial charge in [-0.05, 0) is 6.07 Å². The predicted molar refractivity (Wildman–Crippen MR) is 36.9 cm³/mol. The largest absolute Gasteiger partial charge is 0.460 e. The molecule has 0 aromatic carbocycles. The minimum atomic E-state index is -6.38. The van der Waals surface area contributed by atoms with Gasteiger partial charge in [0.1, 0.15) is 0 Å². The molecule has 0 N–H and O–H groups in total. The van der Waals surface area contributed by atoms with Gasteiger partial charge in [-0.3, -0.25) is 0 Å². The second kappa shape index (κ2) is 3.56. The van der Waals surface area contributed by atoms with Crippen molar-refractivity contribution in [3.05, 3.63) is 24.3 Å². The van der Waals surface area contributed by atoms with Crippen LogP contribution in [0.25, 0.3) is 0 Å². The standard InChI is InChI=1S/C7H3F7N2/c8-5(9,4-15-2-1-3-16-4)6(10,11)7(12,13)14/h1-3H. The maximum atomic E-state index is 12.8. The average molecular weight is 248 g/mol. The Hall–Kier alpha value is -1.41. The highest BCUT2D eigenvalue weighted by Crippen LogP contribution is 2.50. The molecule has 0 spiro atoms. The molecular formula is C7H3F7N2. The lowest BCUT2D eigenvalue weighted by atomic mass is 10.1. The van der Waals surface area contributed by atoms with Crippen molar-refractivity contribution >= 4 is 0 Å². The summed E-state index contributed by atoms with van der Waals surface area (Å²) in [6.07, 6.45) is -5.10. The van der Waals surface area contributed by atoms with E-state index < -0.39 is 23.8 Å². The van der Waals surface area contributed by atoms with Gasteiger partial charge in [-0.1, -0.05) is 0 Å². The van der Waals surface area contributed by atoms with Crippen molar-refractivity contribution < 1.29 is 30.7 Å². The number of aromatic nitrogens is 2. The molecule has 0 saturated heterocycles. The molecular weight excluding hydrogens is 245 g/mol. The van der Waals surface area contributed by atoms with E-state index in [1.54, 1.807) is 0 Å². The van der Waals surface area contributed by atoms with E-state index in [1.807, 2.05) is 0 Å². The van der Waals surface area contributed by atoms with Gasteiger partial charge in [-0.2, -0.15) is 30.7 Å². The van der Waals surface area contributed by atoms with Gasteiger partial charge in [0.15, 0.2) is 0 Å². The zero-order valence-electron chi connectivity index (χ0n) is 7.27. The average Bonchev–Trinajstić information content (AvgIpc) is 2.17. The van der Waals surface area contributed by atoms with Crippen LogP contribution >= 0.6 is 0 Å². The molecule has 1 aromatic rings. The fourth-order valence-electron chi connectivity index (χ4n) is 0.780. The van der Waals surface area contributed by atoms with E-state index in [9.17, 15) is 30.7 Å². The molecule has 0 fully saturated rings. The Kier molecular flexibility index (Phi) is 2.82. The zero-order valence-corrected chi connectivity index (χ0v) is 7.27. The van der Waals surface area contributed by atoms with Crippen molar-refractivity contribution in [2.24, 2.45) is 0 Å². The fourth-order valence-corrected chi connectivity index (χ4v) is 0.780. The molecule has 0 radical (unpaired) electrons. The Morgan fingerprint density at radius 3 is 1.62 bits per heavy atom. The lowest BCUT2D eigenvalue weighted by molar-refractivity contribution is -0.361. The monoisotopic (exact) mass is 248 g/mol. The number of hydrogen-bond donors (Lipinski definition) is 0. The second-order valence-corrected chi connectivity index (χ2v) is 2.72. The van der Waals surface area contributed by atoms with E-state index in [0.717, 1.165) is 6.07 Å². The first-order valence-electron chi connectivity index (χ1n) is 3.70. The molecule has 2 nitrogen and oxygen atoms in total. The van der Waals surface area contributed by atoms with E-state index in [0.29, 0.717) is 12.4 Å². The lowest BCUT2D eigenvalue weighted by Gasteiger charge is -2.26. The summed E-state index contributed by atoms with van der Waals surface area (Å²) in [5.41, 5.74) is 0. The third-order valence-corrected chi connectivity index (χ3v) is 1.60. The Morgan fingerprint density at radius 1 is 0.812 bits per heavy atom. The second-order valence-electron chi connectivity index (χ2n) is 2.72. The topological polar surface area (TPSA) is 25.8 Å². The van der Waals surface area contributed by atoms with E-state index in [1.165, 1.54) is 0 Å². The van der Waals surface area contributed by atoms with Crippen molar-refractivity contribution in [2.75, 3.05) is 0 Å². The molecule has 0 atom stereocenters. The van der Waals surface area contributed by atoms with Crippen LogP contribution in [0.2, 0.25) is 0 Å². The molecule has 0 aliphatic carbocycles.